The summed E-state index contributed by atoms with van der Waals surface area (Å²) in [6, 6.07) is 10.3. The standard InChI is InChI=1S/C16H24N2O3/c19-16(15-13-17-9-12-21-15)18-8-4-10-20-11-7-14-5-2-1-3-6-14/h1-3,5-6,15,17H,4,7-13H2,(H,18,19). The largest absolute Gasteiger partial charge is 0.381 e. The molecule has 0 aromatic heterocycles. The molecular weight excluding hydrogens is 268 g/mol. The summed E-state index contributed by atoms with van der Waals surface area (Å²) >= 11 is 0. The molecule has 1 aromatic rings. The number of amides is 1. The third kappa shape index (κ3) is 6.25. The lowest BCUT2D eigenvalue weighted by Crippen LogP contribution is -2.48. The second-order valence-electron chi connectivity index (χ2n) is 5.06. The van der Waals surface area contributed by atoms with Crippen molar-refractivity contribution in [2.75, 3.05) is 39.5 Å². The molecule has 21 heavy (non-hydrogen) atoms. The second kappa shape index (κ2) is 9.50. The number of rotatable bonds is 8. The molecule has 1 aromatic carbocycles. The molecule has 1 fully saturated rings. The van der Waals surface area contributed by atoms with Gasteiger partial charge in [-0.15, -0.1) is 0 Å². The molecule has 1 atom stereocenters. The minimum Gasteiger partial charge on any atom is -0.381 e. The highest BCUT2D eigenvalue weighted by molar-refractivity contribution is 5.81. The summed E-state index contributed by atoms with van der Waals surface area (Å²) in [6.07, 6.45) is 1.40. The molecule has 116 valence electrons. The van der Waals surface area contributed by atoms with Gasteiger partial charge in [-0.05, 0) is 18.4 Å². The quantitative estimate of drug-likeness (QED) is 0.694. The van der Waals surface area contributed by atoms with Gasteiger partial charge in [0.1, 0.15) is 6.10 Å². The van der Waals surface area contributed by atoms with Crippen molar-refractivity contribution >= 4 is 5.91 Å². The molecule has 1 aliphatic heterocycles. The lowest BCUT2D eigenvalue weighted by atomic mass is 10.2. The highest BCUT2D eigenvalue weighted by atomic mass is 16.5. The topological polar surface area (TPSA) is 59.6 Å². The van der Waals surface area contributed by atoms with Gasteiger partial charge in [0.05, 0.1) is 13.2 Å². The number of hydrogen-bond donors (Lipinski definition) is 2. The van der Waals surface area contributed by atoms with Crippen molar-refractivity contribution in [1.29, 1.82) is 0 Å². The van der Waals surface area contributed by atoms with Crippen LogP contribution in [0.25, 0.3) is 0 Å². The Kier molecular flexibility index (Phi) is 7.21. The Morgan fingerprint density at radius 2 is 2.19 bits per heavy atom. The Morgan fingerprint density at radius 3 is 2.95 bits per heavy atom. The second-order valence-corrected chi connectivity index (χ2v) is 5.06. The predicted molar refractivity (Wildman–Crippen MR) is 81.2 cm³/mol. The highest BCUT2D eigenvalue weighted by Crippen LogP contribution is 2.00. The molecule has 5 heteroatoms. The molecule has 0 radical (unpaired) electrons. The van der Waals surface area contributed by atoms with Gasteiger partial charge in [-0.25, -0.2) is 0 Å². The zero-order valence-corrected chi connectivity index (χ0v) is 12.3. The van der Waals surface area contributed by atoms with E-state index in [1.54, 1.807) is 0 Å². The van der Waals surface area contributed by atoms with Crippen LogP contribution in [0.2, 0.25) is 0 Å². The van der Waals surface area contributed by atoms with Crippen molar-refractivity contribution < 1.29 is 14.3 Å². The maximum Gasteiger partial charge on any atom is 0.250 e. The lowest BCUT2D eigenvalue weighted by molar-refractivity contribution is -0.134. The van der Waals surface area contributed by atoms with Gasteiger partial charge in [0.15, 0.2) is 0 Å². The molecule has 1 aliphatic rings. The molecule has 1 amide bonds. The number of carbonyl (C=O) groups is 1. The summed E-state index contributed by atoms with van der Waals surface area (Å²) in [4.78, 5) is 11.8. The van der Waals surface area contributed by atoms with Gasteiger partial charge in [0.25, 0.3) is 0 Å². The van der Waals surface area contributed by atoms with Gasteiger partial charge in [0, 0.05) is 26.2 Å². The number of carbonyl (C=O) groups excluding carboxylic acids is 1. The average molecular weight is 292 g/mol. The first kappa shape index (κ1) is 15.9. The lowest BCUT2D eigenvalue weighted by Gasteiger charge is -2.22. The molecule has 0 aliphatic carbocycles. The SMILES string of the molecule is O=C(NCCCOCCc1ccccc1)C1CNCCO1. The average Bonchev–Trinajstić information content (AvgIpc) is 2.55. The van der Waals surface area contributed by atoms with Crippen LogP contribution in [0.4, 0.5) is 0 Å². The molecule has 0 saturated carbocycles. The molecule has 1 saturated heterocycles. The van der Waals surface area contributed by atoms with E-state index in [1.807, 2.05) is 18.2 Å². The smallest absolute Gasteiger partial charge is 0.250 e. The number of nitrogens with one attached hydrogen (secondary N) is 2. The maximum absolute atomic E-state index is 11.8. The van der Waals surface area contributed by atoms with E-state index in [0.717, 1.165) is 19.4 Å². The summed E-state index contributed by atoms with van der Waals surface area (Å²) in [6.45, 7) is 4.02. The number of ether oxygens (including phenoxy) is 2. The van der Waals surface area contributed by atoms with Crippen LogP contribution >= 0.6 is 0 Å². The molecule has 1 heterocycles. The molecule has 1 unspecified atom stereocenters. The third-order valence-corrected chi connectivity index (χ3v) is 3.36. The summed E-state index contributed by atoms with van der Waals surface area (Å²) in [5.74, 6) is -0.0357. The highest BCUT2D eigenvalue weighted by Gasteiger charge is 2.20. The Balaban J connectivity index is 1.45. The van der Waals surface area contributed by atoms with Crippen LogP contribution in [0, 0.1) is 0 Å². The van der Waals surface area contributed by atoms with Crippen molar-refractivity contribution in [2.45, 2.75) is 18.9 Å². The fourth-order valence-electron chi connectivity index (χ4n) is 2.17. The predicted octanol–water partition coefficient (Wildman–Crippen LogP) is 0.740. The first-order valence-corrected chi connectivity index (χ1v) is 7.58. The van der Waals surface area contributed by atoms with Crippen molar-refractivity contribution in [3.8, 4) is 0 Å². The molecule has 2 rings (SSSR count). The molecular formula is C16H24N2O3. The van der Waals surface area contributed by atoms with Gasteiger partial charge in [-0.3, -0.25) is 4.79 Å². The number of morpholine rings is 1. The third-order valence-electron chi connectivity index (χ3n) is 3.36. The molecule has 0 spiro atoms. The normalized spacial score (nSPS) is 18.4. The number of hydrogen-bond acceptors (Lipinski definition) is 4. The van der Waals surface area contributed by atoms with Gasteiger partial charge >= 0.3 is 0 Å². The van der Waals surface area contributed by atoms with Crippen LogP contribution in [0.1, 0.15) is 12.0 Å². The van der Waals surface area contributed by atoms with Gasteiger partial charge in [-0.1, -0.05) is 30.3 Å². The molecule has 0 bridgehead atoms. The van der Waals surface area contributed by atoms with E-state index >= 15 is 0 Å². The number of benzene rings is 1. The maximum atomic E-state index is 11.8. The Labute approximate surface area is 126 Å². The summed E-state index contributed by atoms with van der Waals surface area (Å²) in [5.41, 5.74) is 1.28. The van der Waals surface area contributed by atoms with Crippen LogP contribution in [0.15, 0.2) is 30.3 Å². The van der Waals surface area contributed by atoms with Gasteiger partial charge < -0.3 is 20.1 Å². The van der Waals surface area contributed by atoms with Crippen molar-refractivity contribution in [3.05, 3.63) is 35.9 Å². The fourth-order valence-corrected chi connectivity index (χ4v) is 2.17. The van der Waals surface area contributed by atoms with Crippen LogP contribution < -0.4 is 10.6 Å². The monoisotopic (exact) mass is 292 g/mol. The van der Waals surface area contributed by atoms with Crippen LogP contribution in [-0.4, -0.2) is 51.5 Å². The zero-order valence-electron chi connectivity index (χ0n) is 12.3. The van der Waals surface area contributed by atoms with Gasteiger partial charge in [0.2, 0.25) is 5.91 Å². The summed E-state index contributed by atoms with van der Waals surface area (Å²) < 4.78 is 10.9. The Bertz CT molecular complexity index is 405. The van der Waals surface area contributed by atoms with Crippen molar-refractivity contribution in [1.82, 2.24) is 10.6 Å². The van der Waals surface area contributed by atoms with E-state index in [4.69, 9.17) is 9.47 Å². The van der Waals surface area contributed by atoms with Crippen molar-refractivity contribution in [3.63, 3.8) is 0 Å². The van der Waals surface area contributed by atoms with E-state index in [1.165, 1.54) is 5.56 Å². The van der Waals surface area contributed by atoms with E-state index in [-0.39, 0.29) is 12.0 Å². The van der Waals surface area contributed by atoms with Crippen molar-refractivity contribution in [2.24, 2.45) is 0 Å². The molecule has 5 nitrogen and oxygen atoms in total. The van der Waals surface area contributed by atoms with E-state index < -0.39 is 0 Å². The Hall–Kier alpha value is -1.43. The van der Waals surface area contributed by atoms with Gasteiger partial charge in [-0.2, -0.15) is 0 Å². The zero-order chi connectivity index (χ0) is 14.8. The van der Waals surface area contributed by atoms with Crippen LogP contribution in [0.5, 0.6) is 0 Å². The first-order chi connectivity index (χ1) is 10.4. The molecule has 2 N–H and O–H groups in total. The minimum absolute atomic E-state index is 0.0357. The minimum atomic E-state index is -0.349. The van der Waals surface area contributed by atoms with Crippen LogP contribution in [-0.2, 0) is 20.7 Å². The first-order valence-electron chi connectivity index (χ1n) is 7.58. The van der Waals surface area contributed by atoms with E-state index in [9.17, 15) is 4.79 Å². The van der Waals surface area contributed by atoms with Crippen LogP contribution in [0.3, 0.4) is 0 Å². The fraction of sp³-hybridized carbons (Fsp3) is 0.562. The Morgan fingerprint density at radius 1 is 1.33 bits per heavy atom. The summed E-state index contributed by atoms with van der Waals surface area (Å²) in [5, 5.41) is 6.02. The van der Waals surface area contributed by atoms with E-state index in [0.29, 0.717) is 32.9 Å². The van der Waals surface area contributed by atoms with E-state index in [2.05, 4.69) is 22.8 Å². The summed E-state index contributed by atoms with van der Waals surface area (Å²) in [7, 11) is 0.